The average molecular weight is 462 g/mol. The first-order valence-electron chi connectivity index (χ1n) is 11.9. The van der Waals surface area contributed by atoms with E-state index >= 15 is 0 Å². The maximum Gasteiger partial charge on any atom is 0.252 e. The van der Waals surface area contributed by atoms with Crippen molar-refractivity contribution >= 4 is 17.5 Å². The molecule has 9 nitrogen and oxygen atoms in total. The summed E-state index contributed by atoms with van der Waals surface area (Å²) in [6, 6.07) is 10.0. The molecule has 1 unspecified atom stereocenters. The van der Waals surface area contributed by atoms with Crippen molar-refractivity contribution in [2.45, 2.75) is 45.8 Å². The van der Waals surface area contributed by atoms with Crippen LogP contribution in [0.4, 0.5) is 17.5 Å². The molecular weight excluding hydrogens is 430 g/mol. The molecule has 1 saturated heterocycles. The van der Waals surface area contributed by atoms with E-state index in [9.17, 15) is 4.79 Å². The molecule has 4 heterocycles. The topological polar surface area (TPSA) is 99.3 Å². The Hall–Kier alpha value is -3.30. The summed E-state index contributed by atoms with van der Waals surface area (Å²) < 4.78 is 5.68. The number of ether oxygens (including phenoxy) is 1. The van der Waals surface area contributed by atoms with E-state index in [-0.39, 0.29) is 11.6 Å². The molecule has 0 radical (unpaired) electrons. The summed E-state index contributed by atoms with van der Waals surface area (Å²) in [4.78, 5) is 33.3. The SMILES string of the molecule is CC(C)N1CCc2c(nc(-c3ccc(Nc4nccc(=O)[nH]4)cc3)nc2N2CCOCC2C)C1. The summed E-state index contributed by atoms with van der Waals surface area (Å²) in [5.74, 6) is 2.19. The molecule has 0 spiro atoms. The average Bonchev–Trinajstić information content (AvgIpc) is 2.84. The van der Waals surface area contributed by atoms with Gasteiger partial charge in [-0.25, -0.2) is 15.0 Å². The Morgan fingerprint density at radius 1 is 1.15 bits per heavy atom. The van der Waals surface area contributed by atoms with Crippen LogP contribution in [0, 0.1) is 0 Å². The third-order valence-corrected chi connectivity index (χ3v) is 6.52. The molecule has 0 aliphatic carbocycles. The van der Waals surface area contributed by atoms with Crippen LogP contribution in [0.1, 0.15) is 32.0 Å². The molecule has 1 aromatic carbocycles. The van der Waals surface area contributed by atoms with Gasteiger partial charge in [0.25, 0.3) is 5.56 Å². The molecule has 0 amide bonds. The predicted octanol–water partition coefficient (Wildman–Crippen LogP) is 2.96. The number of rotatable bonds is 5. The van der Waals surface area contributed by atoms with E-state index in [4.69, 9.17) is 14.7 Å². The van der Waals surface area contributed by atoms with Gasteiger partial charge in [0, 0.05) is 54.8 Å². The molecular formula is C25H31N7O2. The molecule has 5 rings (SSSR count). The fourth-order valence-corrected chi connectivity index (χ4v) is 4.55. The number of H-pyrrole nitrogens is 1. The van der Waals surface area contributed by atoms with Crippen molar-refractivity contribution in [3.05, 3.63) is 58.1 Å². The standard InChI is InChI=1S/C25H31N7O2/c1-16(2)31-11-9-20-21(14-31)28-23(30-24(20)32-12-13-34-15-17(32)3)18-4-6-19(7-5-18)27-25-26-10-8-22(33)29-25/h4-8,10,16-17H,9,11-15H2,1-3H3,(H2,26,27,29,33). The summed E-state index contributed by atoms with van der Waals surface area (Å²) in [5.41, 5.74) is 3.96. The number of anilines is 3. The van der Waals surface area contributed by atoms with Gasteiger partial charge in [0.05, 0.1) is 24.9 Å². The highest BCUT2D eigenvalue weighted by molar-refractivity contribution is 5.65. The van der Waals surface area contributed by atoms with E-state index in [0.717, 1.165) is 54.6 Å². The number of benzene rings is 1. The summed E-state index contributed by atoms with van der Waals surface area (Å²) in [5, 5.41) is 3.12. The van der Waals surface area contributed by atoms with Crippen LogP contribution in [0.15, 0.2) is 41.3 Å². The van der Waals surface area contributed by atoms with Crippen molar-refractivity contribution in [1.29, 1.82) is 0 Å². The molecule has 0 bridgehead atoms. The second-order valence-electron chi connectivity index (χ2n) is 9.21. The quantitative estimate of drug-likeness (QED) is 0.598. The van der Waals surface area contributed by atoms with Crippen LogP contribution in [0.2, 0.25) is 0 Å². The number of nitrogens with one attached hydrogen (secondary N) is 2. The smallest absolute Gasteiger partial charge is 0.252 e. The van der Waals surface area contributed by atoms with Crippen molar-refractivity contribution in [2.75, 3.05) is 36.5 Å². The second kappa shape index (κ2) is 9.52. The molecule has 2 aromatic heterocycles. The van der Waals surface area contributed by atoms with Crippen molar-refractivity contribution < 1.29 is 4.74 Å². The zero-order chi connectivity index (χ0) is 23.7. The molecule has 9 heteroatoms. The highest BCUT2D eigenvalue weighted by atomic mass is 16.5. The van der Waals surface area contributed by atoms with Crippen molar-refractivity contribution in [3.8, 4) is 11.4 Å². The number of fused-ring (bicyclic) bond motifs is 1. The van der Waals surface area contributed by atoms with Crippen LogP contribution >= 0.6 is 0 Å². The van der Waals surface area contributed by atoms with E-state index in [0.29, 0.717) is 25.2 Å². The van der Waals surface area contributed by atoms with E-state index in [1.807, 2.05) is 24.3 Å². The normalized spacial score (nSPS) is 18.7. The van der Waals surface area contributed by atoms with Crippen LogP contribution in [-0.2, 0) is 17.7 Å². The van der Waals surface area contributed by atoms with Gasteiger partial charge in [-0.2, -0.15) is 0 Å². The number of nitrogens with zero attached hydrogens (tertiary/aromatic N) is 5. The van der Waals surface area contributed by atoms with Crippen LogP contribution in [0.3, 0.4) is 0 Å². The van der Waals surface area contributed by atoms with Crippen LogP contribution in [0.25, 0.3) is 11.4 Å². The molecule has 34 heavy (non-hydrogen) atoms. The largest absolute Gasteiger partial charge is 0.377 e. The Balaban J connectivity index is 1.49. The van der Waals surface area contributed by atoms with E-state index in [1.54, 1.807) is 0 Å². The first-order chi connectivity index (χ1) is 16.5. The third-order valence-electron chi connectivity index (χ3n) is 6.52. The predicted molar refractivity (Wildman–Crippen MR) is 132 cm³/mol. The highest BCUT2D eigenvalue weighted by Crippen LogP contribution is 2.32. The molecule has 3 aromatic rings. The van der Waals surface area contributed by atoms with Gasteiger partial charge < -0.3 is 15.0 Å². The first-order valence-corrected chi connectivity index (χ1v) is 11.9. The molecule has 2 aliphatic rings. The van der Waals surface area contributed by atoms with Gasteiger partial charge in [0.1, 0.15) is 5.82 Å². The van der Waals surface area contributed by atoms with Crippen molar-refractivity contribution in [3.63, 3.8) is 0 Å². The van der Waals surface area contributed by atoms with Crippen LogP contribution in [0.5, 0.6) is 0 Å². The number of morpholine rings is 1. The maximum absolute atomic E-state index is 11.5. The molecule has 2 aliphatic heterocycles. The van der Waals surface area contributed by atoms with Gasteiger partial charge in [0.2, 0.25) is 5.95 Å². The number of hydrogen-bond donors (Lipinski definition) is 2. The lowest BCUT2D eigenvalue weighted by molar-refractivity contribution is 0.0983. The van der Waals surface area contributed by atoms with Gasteiger partial charge >= 0.3 is 0 Å². The lowest BCUT2D eigenvalue weighted by Gasteiger charge is -2.38. The lowest BCUT2D eigenvalue weighted by Crippen LogP contribution is -2.45. The van der Waals surface area contributed by atoms with E-state index in [2.05, 4.69) is 45.9 Å². The second-order valence-corrected chi connectivity index (χ2v) is 9.21. The number of aromatic nitrogens is 4. The minimum atomic E-state index is -0.197. The van der Waals surface area contributed by atoms with E-state index < -0.39 is 0 Å². The highest BCUT2D eigenvalue weighted by Gasteiger charge is 2.29. The van der Waals surface area contributed by atoms with Crippen LogP contribution < -0.4 is 15.8 Å². The van der Waals surface area contributed by atoms with Crippen molar-refractivity contribution in [2.24, 2.45) is 0 Å². The molecule has 0 saturated carbocycles. The summed E-state index contributed by atoms with van der Waals surface area (Å²) >= 11 is 0. The number of aromatic amines is 1. The van der Waals surface area contributed by atoms with Gasteiger partial charge in [-0.15, -0.1) is 0 Å². The third kappa shape index (κ3) is 4.67. The summed E-state index contributed by atoms with van der Waals surface area (Å²) in [6.45, 7) is 10.8. The van der Waals surface area contributed by atoms with Gasteiger partial charge in [-0.1, -0.05) is 0 Å². The lowest BCUT2D eigenvalue weighted by atomic mass is 10.0. The monoisotopic (exact) mass is 461 g/mol. The Kier molecular flexibility index (Phi) is 6.30. The van der Waals surface area contributed by atoms with Gasteiger partial charge in [-0.05, 0) is 51.5 Å². The Morgan fingerprint density at radius 2 is 1.97 bits per heavy atom. The Bertz CT molecular complexity index is 1210. The minimum absolute atomic E-state index is 0.197. The molecule has 178 valence electrons. The van der Waals surface area contributed by atoms with Crippen LogP contribution in [-0.4, -0.2) is 63.2 Å². The van der Waals surface area contributed by atoms with Gasteiger partial charge in [-0.3, -0.25) is 14.7 Å². The Labute approximate surface area is 199 Å². The summed E-state index contributed by atoms with van der Waals surface area (Å²) in [6.07, 6.45) is 2.43. The molecule has 2 N–H and O–H groups in total. The zero-order valence-electron chi connectivity index (χ0n) is 19.9. The minimum Gasteiger partial charge on any atom is -0.377 e. The zero-order valence-corrected chi connectivity index (χ0v) is 19.9. The fourth-order valence-electron chi connectivity index (χ4n) is 4.55. The van der Waals surface area contributed by atoms with Gasteiger partial charge in [0.15, 0.2) is 5.82 Å². The molecule has 1 atom stereocenters. The summed E-state index contributed by atoms with van der Waals surface area (Å²) in [7, 11) is 0. The Morgan fingerprint density at radius 3 is 2.71 bits per heavy atom. The number of hydrogen-bond acceptors (Lipinski definition) is 8. The molecule has 1 fully saturated rings. The van der Waals surface area contributed by atoms with Crippen molar-refractivity contribution in [1.82, 2.24) is 24.8 Å². The van der Waals surface area contributed by atoms with E-state index in [1.165, 1.54) is 17.8 Å². The maximum atomic E-state index is 11.5. The fraction of sp³-hybridized carbons (Fsp3) is 0.440. The first kappa shape index (κ1) is 22.5.